The normalized spacial score (nSPS) is 9.93. The summed E-state index contributed by atoms with van der Waals surface area (Å²) in [4.78, 5) is 21.2. The Kier molecular flexibility index (Phi) is 3.75. The first kappa shape index (κ1) is 11.1. The molecule has 0 aliphatic rings. The van der Waals surface area contributed by atoms with Crippen LogP contribution in [0.4, 0.5) is 4.79 Å². The van der Waals surface area contributed by atoms with Crippen molar-refractivity contribution in [2.45, 2.75) is 6.54 Å². The molecule has 4 N–H and O–H groups in total. The van der Waals surface area contributed by atoms with Crippen LogP contribution in [0.3, 0.4) is 0 Å². The molecule has 1 heterocycles. The third-order valence-electron chi connectivity index (χ3n) is 1.64. The maximum absolute atomic E-state index is 10.9. The standard InChI is InChI=1S/C7H12N6O2/c1-13-4-10-12-5(13)2-9-3-6(14)11-7(8)15/h4,9H,2-3H2,1H3,(H3,8,11,14,15). The molecule has 0 spiro atoms. The number of rotatable bonds is 4. The zero-order valence-corrected chi connectivity index (χ0v) is 8.23. The molecule has 0 atom stereocenters. The van der Waals surface area contributed by atoms with Crippen molar-refractivity contribution in [1.82, 2.24) is 25.4 Å². The number of primary amides is 1. The van der Waals surface area contributed by atoms with Gasteiger partial charge in [0.25, 0.3) is 0 Å². The number of nitrogens with zero attached hydrogens (tertiary/aromatic N) is 3. The third kappa shape index (κ3) is 3.73. The van der Waals surface area contributed by atoms with Crippen LogP contribution < -0.4 is 16.4 Å². The quantitative estimate of drug-likeness (QED) is 0.539. The van der Waals surface area contributed by atoms with E-state index in [9.17, 15) is 9.59 Å². The molecule has 15 heavy (non-hydrogen) atoms. The fraction of sp³-hybridized carbons (Fsp3) is 0.429. The van der Waals surface area contributed by atoms with Crippen molar-refractivity contribution in [2.75, 3.05) is 6.54 Å². The highest BCUT2D eigenvalue weighted by Gasteiger charge is 2.04. The molecule has 1 rings (SSSR count). The Balaban J connectivity index is 2.25. The van der Waals surface area contributed by atoms with Crippen LogP contribution in [0.2, 0.25) is 0 Å². The molecule has 0 saturated carbocycles. The molecule has 0 saturated heterocycles. The second-order valence-electron chi connectivity index (χ2n) is 2.87. The lowest BCUT2D eigenvalue weighted by atomic mass is 10.5. The maximum Gasteiger partial charge on any atom is 0.318 e. The van der Waals surface area contributed by atoms with E-state index in [1.54, 1.807) is 17.9 Å². The first-order valence-corrected chi connectivity index (χ1v) is 4.22. The van der Waals surface area contributed by atoms with Crippen LogP contribution in [-0.2, 0) is 18.4 Å². The molecular formula is C7H12N6O2. The van der Waals surface area contributed by atoms with E-state index in [4.69, 9.17) is 5.73 Å². The number of amides is 3. The van der Waals surface area contributed by atoms with Gasteiger partial charge in [-0.25, -0.2) is 4.79 Å². The Bertz CT molecular complexity index is 360. The molecule has 0 aromatic carbocycles. The number of aryl methyl sites for hydroxylation is 1. The highest BCUT2D eigenvalue weighted by atomic mass is 16.2. The molecular weight excluding hydrogens is 200 g/mol. The van der Waals surface area contributed by atoms with Crippen LogP contribution in [0, 0.1) is 0 Å². The minimum absolute atomic E-state index is 0.00417. The highest BCUT2D eigenvalue weighted by molar-refractivity contribution is 5.94. The van der Waals surface area contributed by atoms with E-state index in [0.29, 0.717) is 12.4 Å². The molecule has 8 heteroatoms. The van der Waals surface area contributed by atoms with Crippen molar-refractivity contribution in [2.24, 2.45) is 12.8 Å². The molecule has 0 fully saturated rings. The largest absolute Gasteiger partial charge is 0.351 e. The maximum atomic E-state index is 10.9. The van der Waals surface area contributed by atoms with Gasteiger partial charge in [-0.2, -0.15) is 0 Å². The minimum atomic E-state index is -0.861. The van der Waals surface area contributed by atoms with Gasteiger partial charge >= 0.3 is 6.03 Å². The second kappa shape index (κ2) is 5.05. The number of carbonyl (C=O) groups is 2. The van der Waals surface area contributed by atoms with Crippen LogP contribution in [-0.4, -0.2) is 33.2 Å². The van der Waals surface area contributed by atoms with Gasteiger partial charge in [-0.3, -0.25) is 10.1 Å². The summed E-state index contributed by atoms with van der Waals surface area (Å²) < 4.78 is 1.72. The lowest BCUT2D eigenvalue weighted by Gasteiger charge is -2.03. The molecule has 0 aliphatic heterocycles. The SMILES string of the molecule is Cn1cnnc1CNCC(=O)NC(N)=O. The Morgan fingerprint density at radius 2 is 2.33 bits per heavy atom. The van der Waals surface area contributed by atoms with Crippen molar-refractivity contribution < 1.29 is 9.59 Å². The van der Waals surface area contributed by atoms with Crippen molar-refractivity contribution >= 4 is 11.9 Å². The molecule has 3 amide bonds. The number of aromatic nitrogens is 3. The number of imide groups is 1. The van der Waals surface area contributed by atoms with Gasteiger partial charge in [0.2, 0.25) is 5.91 Å². The van der Waals surface area contributed by atoms with E-state index in [0.717, 1.165) is 0 Å². The zero-order valence-electron chi connectivity index (χ0n) is 8.23. The van der Waals surface area contributed by atoms with Crippen LogP contribution in [0.15, 0.2) is 6.33 Å². The number of nitrogens with one attached hydrogen (secondary N) is 2. The van der Waals surface area contributed by atoms with E-state index >= 15 is 0 Å². The average molecular weight is 212 g/mol. The molecule has 0 bridgehead atoms. The number of carbonyl (C=O) groups excluding carboxylic acids is 2. The van der Waals surface area contributed by atoms with Gasteiger partial charge in [-0.05, 0) is 0 Å². The topological polar surface area (TPSA) is 115 Å². The predicted octanol–water partition coefficient (Wildman–Crippen LogP) is -1.90. The summed E-state index contributed by atoms with van der Waals surface area (Å²) in [7, 11) is 1.79. The van der Waals surface area contributed by atoms with Crippen LogP contribution in [0.1, 0.15) is 5.82 Å². The fourth-order valence-corrected chi connectivity index (χ4v) is 0.937. The van der Waals surface area contributed by atoms with Crippen molar-refractivity contribution in [1.29, 1.82) is 0 Å². The van der Waals surface area contributed by atoms with Crippen molar-refractivity contribution in [3.63, 3.8) is 0 Å². The second-order valence-corrected chi connectivity index (χ2v) is 2.87. The Morgan fingerprint density at radius 1 is 1.60 bits per heavy atom. The monoisotopic (exact) mass is 212 g/mol. The number of hydrogen-bond donors (Lipinski definition) is 3. The summed E-state index contributed by atoms with van der Waals surface area (Å²) in [5, 5.41) is 12.2. The molecule has 1 aromatic rings. The number of nitrogens with two attached hydrogens (primary N) is 1. The van der Waals surface area contributed by atoms with E-state index < -0.39 is 11.9 Å². The Morgan fingerprint density at radius 3 is 2.87 bits per heavy atom. The first-order valence-electron chi connectivity index (χ1n) is 4.22. The smallest absolute Gasteiger partial charge is 0.318 e. The van der Waals surface area contributed by atoms with Gasteiger partial charge in [-0.1, -0.05) is 0 Å². The van der Waals surface area contributed by atoms with Crippen LogP contribution in [0.5, 0.6) is 0 Å². The molecule has 82 valence electrons. The lowest BCUT2D eigenvalue weighted by molar-refractivity contribution is -0.119. The molecule has 8 nitrogen and oxygen atoms in total. The van der Waals surface area contributed by atoms with E-state index in [2.05, 4.69) is 15.5 Å². The predicted molar refractivity (Wildman–Crippen MR) is 50.4 cm³/mol. The fourth-order valence-electron chi connectivity index (χ4n) is 0.937. The summed E-state index contributed by atoms with van der Waals surface area (Å²) in [5.41, 5.74) is 4.76. The first-order chi connectivity index (χ1) is 7.09. The average Bonchev–Trinajstić information content (AvgIpc) is 2.50. The van der Waals surface area contributed by atoms with Crippen LogP contribution in [0.25, 0.3) is 0 Å². The third-order valence-corrected chi connectivity index (χ3v) is 1.64. The van der Waals surface area contributed by atoms with E-state index in [1.165, 1.54) is 0 Å². The lowest BCUT2D eigenvalue weighted by Crippen LogP contribution is -2.40. The van der Waals surface area contributed by atoms with Gasteiger partial charge in [0.05, 0.1) is 13.1 Å². The Hall–Kier alpha value is -1.96. The van der Waals surface area contributed by atoms with Crippen molar-refractivity contribution in [3.8, 4) is 0 Å². The molecule has 0 radical (unpaired) electrons. The number of hydrogen-bond acceptors (Lipinski definition) is 5. The molecule has 0 unspecified atom stereocenters. The molecule has 1 aromatic heterocycles. The summed E-state index contributed by atoms with van der Waals surface area (Å²) in [5.74, 6) is 0.214. The minimum Gasteiger partial charge on any atom is -0.351 e. The van der Waals surface area contributed by atoms with Crippen molar-refractivity contribution in [3.05, 3.63) is 12.2 Å². The summed E-state index contributed by atoms with van der Waals surface area (Å²) in [6, 6.07) is -0.861. The summed E-state index contributed by atoms with van der Waals surface area (Å²) in [6.07, 6.45) is 1.56. The van der Waals surface area contributed by atoms with Gasteiger partial charge in [-0.15, -0.1) is 10.2 Å². The molecule has 0 aliphatic carbocycles. The van der Waals surface area contributed by atoms with Gasteiger partial charge in [0, 0.05) is 7.05 Å². The summed E-state index contributed by atoms with van der Waals surface area (Å²) >= 11 is 0. The Labute approximate surface area is 85.8 Å². The number of urea groups is 1. The van der Waals surface area contributed by atoms with Gasteiger partial charge in [0.15, 0.2) is 0 Å². The highest BCUT2D eigenvalue weighted by Crippen LogP contribution is 1.88. The zero-order chi connectivity index (χ0) is 11.3. The van der Waals surface area contributed by atoms with E-state index in [-0.39, 0.29) is 6.54 Å². The van der Waals surface area contributed by atoms with E-state index in [1.807, 2.05) is 5.32 Å². The van der Waals surface area contributed by atoms with Crippen LogP contribution >= 0.6 is 0 Å². The van der Waals surface area contributed by atoms with Gasteiger partial charge in [0.1, 0.15) is 12.2 Å². The van der Waals surface area contributed by atoms with Gasteiger partial charge < -0.3 is 15.6 Å². The summed E-state index contributed by atoms with van der Waals surface area (Å²) in [6.45, 7) is 0.387.